The van der Waals surface area contributed by atoms with Crippen LogP contribution in [-0.2, 0) is 21.9 Å². The Hall–Kier alpha value is -2.40. The molecule has 0 radical (unpaired) electrons. The Kier molecular flexibility index (Phi) is 4.33. The molecule has 0 unspecified atom stereocenters. The fraction of sp³-hybridized carbons (Fsp3) is 0.600. The first-order valence-corrected chi connectivity index (χ1v) is 11.8. The van der Waals surface area contributed by atoms with E-state index in [1.165, 1.54) is 15.1 Å². The van der Waals surface area contributed by atoms with E-state index in [1.54, 1.807) is 27.1 Å². The average Bonchev–Trinajstić information content (AvgIpc) is 3.36. The quantitative estimate of drug-likeness (QED) is 0.745. The number of carbonyl (C=O) groups is 1. The van der Waals surface area contributed by atoms with E-state index in [-0.39, 0.29) is 36.0 Å². The predicted molar refractivity (Wildman–Crippen MR) is 109 cm³/mol. The number of rotatable bonds is 2. The van der Waals surface area contributed by atoms with Crippen LogP contribution in [0.1, 0.15) is 33.1 Å². The SMILES string of the molecule is Cn1ccc(S(=O)(=O)N2CCC3(CC2)C2=C(N=NC2)NC2=C3C(=O)CC(C)(C)[C@H]2F)n1. The van der Waals surface area contributed by atoms with Gasteiger partial charge in [0.25, 0.3) is 10.0 Å². The molecule has 11 heteroatoms. The molecule has 5 rings (SSSR count). The highest BCUT2D eigenvalue weighted by Crippen LogP contribution is 2.55. The van der Waals surface area contributed by atoms with E-state index in [0.717, 1.165) is 5.57 Å². The van der Waals surface area contributed by atoms with Crippen molar-refractivity contribution >= 4 is 15.8 Å². The van der Waals surface area contributed by atoms with E-state index in [0.29, 0.717) is 30.8 Å². The molecule has 4 aliphatic rings. The number of nitrogens with one attached hydrogen (secondary N) is 1. The van der Waals surface area contributed by atoms with E-state index in [9.17, 15) is 13.2 Å². The first-order valence-electron chi connectivity index (χ1n) is 10.4. The number of ketones is 1. The van der Waals surface area contributed by atoms with Gasteiger partial charge in [-0.1, -0.05) is 13.8 Å². The average molecular weight is 449 g/mol. The molecule has 1 aromatic rings. The first-order chi connectivity index (χ1) is 14.6. The van der Waals surface area contributed by atoms with Crippen LogP contribution < -0.4 is 5.32 Å². The number of carbonyl (C=O) groups excluding carboxylic acids is 1. The van der Waals surface area contributed by atoms with E-state index in [1.807, 2.05) is 0 Å². The van der Waals surface area contributed by atoms with Crippen LogP contribution in [-0.4, -0.2) is 54.1 Å². The summed E-state index contributed by atoms with van der Waals surface area (Å²) < 4.78 is 44.4. The van der Waals surface area contributed by atoms with Crippen LogP contribution in [0.2, 0.25) is 0 Å². The summed E-state index contributed by atoms with van der Waals surface area (Å²) in [6.45, 7) is 4.24. The number of Topliss-reactive ketones (excluding diaryl/α,β-unsaturated/α-hetero) is 1. The molecule has 0 amide bonds. The molecule has 9 nitrogen and oxygen atoms in total. The molecule has 4 heterocycles. The van der Waals surface area contributed by atoms with Gasteiger partial charge >= 0.3 is 0 Å². The number of halogens is 1. The van der Waals surface area contributed by atoms with Crippen molar-refractivity contribution in [2.75, 3.05) is 19.6 Å². The van der Waals surface area contributed by atoms with Gasteiger partial charge in [-0.25, -0.2) is 12.8 Å². The van der Waals surface area contributed by atoms with Crippen molar-refractivity contribution in [1.82, 2.24) is 19.4 Å². The van der Waals surface area contributed by atoms with Gasteiger partial charge in [0.05, 0.1) is 12.2 Å². The maximum atomic E-state index is 15.5. The topological polar surface area (TPSA) is 109 Å². The van der Waals surface area contributed by atoms with Crippen LogP contribution in [0.4, 0.5) is 4.39 Å². The van der Waals surface area contributed by atoms with Gasteiger partial charge in [0.15, 0.2) is 16.6 Å². The highest BCUT2D eigenvalue weighted by atomic mass is 32.2. The molecule has 1 fully saturated rings. The van der Waals surface area contributed by atoms with Crippen LogP contribution in [0, 0.1) is 10.8 Å². The second kappa shape index (κ2) is 6.55. The summed E-state index contributed by atoms with van der Waals surface area (Å²) in [5, 5.41) is 15.4. The number of hydrogen-bond donors (Lipinski definition) is 1. The second-order valence-corrected chi connectivity index (χ2v) is 11.3. The molecule has 3 aliphatic heterocycles. The Morgan fingerprint density at radius 2 is 1.97 bits per heavy atom. The number of azo groups is 1. The minimum atomic E-state index is -3.74. The minimum Gasteiger partial charge on any atom is -0.339 e. The maximum Gasteiger partial charge on any atom is 0.262 e. The number of hydrogen-bond acceptors (Lipinski definition) is 7. The zero-order valence-corrected chi connectivity index (χ0v) is 18.5. The second-order valence-electron chi connectivity index (χ2n) is 9.41. The van der Waals surface area contributed by atoms with Crippen molar-refractivity contribution in [2.45, 2.75) is 44.3 Å². The summed E-state index contributed by atoms with van der Waals surface area (Å²) in [6, 6.07) is 1.47. The third-order valence-electron chi connectivity index (χ3n) is 6.97. The van der Waals surface area contributed by atoms with Crippen molar-refractivity contribution in [3.05, 3.63) is 34.9 Å². The molecular weight excluding hydrogens is 423 g/mol. The molecule has 31 heavy (non-hydrogen) atoms. The normalized spacial score (nSPS) is 27.5. The molecule has 0 bridgehead atoms. The summed E-state index contributed by atoms with van der Waals surface area (Å²) in [5.74, 6) is 0.425. The minimum absolute atomic E-state index is 0.00116. The molecule has 166 valence electrons. The van der Waals surface area contributed by atoms with Crippen LogP contribution in [0.25, 0.3) is 0 Å². The van der Waals surface area contributed by atoms with Gasteiger partial charge in [0.1, 0.15) is 6.17 Å². The molecule has 1 aromatic heterocycles. The van der Waals surface area contributed by atoms with Crippen molar-refractivity contribution in [1.29, 1.82) is 0 Å². The Morgan fingerprint density at radius 3 is 2.61 bits per heavy atom. The van der Waals surface area contributed by atoms with Crippen LogP contribution in [0.3, 0.4) is 0 Å². The van der Waals surface area contributed by atoms with Gasteiger partial charge in [0, 0.05) is 54.7 Å². The fourth-order valence-electron chi connectivity index (χ4n) is 5.30. The maximum absolute atomic E-state index is 15.5. The Bertz CT molecular complexity index is 1170. The number of allylic oxidation sites excluding steroid dienone is 2. The smallest absolute Gasteiger partial charge is 0.262 e. The number of sulfonamides is 1. The van der Waals surface area contributed by atoms with Gasteiger partial charge in [-0.05, 0) is 18.9 Å². The third-order valence-corrected chi connectivity index (χ3v) is 8.76. The highest BCUT2D eigenvalue weighted by Gasteiger charge is 2.56. The largest absolute Gasteiger partial charge is 0.339 e. The summed E-state index contributed by atoms with van der Waals surface area (Å²) in [6.07, 6.45) is 1.12. The highest BCUT2D eigenvalue weighted by molar-refractivity contribution is 7.89. The van der Waals surface area contributed by atoms with Crippen molar-refractivity contribution in [3.63, 3.8) is 0 Å². The van der Waals surface area contributed by atoms with Crippen molar-refractivity contribution in [3.8, 4) is 0 Å². The summed E-state index contributed by atoms with van der Waals surface area (Å²) in [5.41, 5.74) is 0.0394. The zero-order valence-electron chi connectivity index (χ0n) is 17.7. The monoisotopic (exact) mass is 448 g/mol. The van der Waals surface area contributed by atoms with Gasteiger partial charge in [-0.2, -0.15) is 14.5 Å². The van der Waals surface area contributed by atoms with Crippen molar-refractivity contribution in [2.24, 2.45) is 28.1 Å². The van der Waals surface area contributed by atoms with E-state index >= 15 is 4.39 Å². The van der Waals surface area contributed by atoms with E-state index < -0.39 is 27.0 Å². The Balaban J connectivity index is 1.53. The zero-order chi connectivity index (χ0) is 22.2. The van der Waals surface area contributed by atoms with Gasteiger partial charge < -0.3 is 5.32 Å². The summed E-state index contributed by atoms with van der Waals surface area (Å²) in [7, 11) is -2.08. The lowest BCUT2D eigenvalue weighted by atomic mass is 9.59. The van der Waals surface area contributed by atoms with Crippen molar-refractivity contribution < 1.29 is 17.6 Å². The molecule has 1 aliphatic carbocycles. The number of alkyl halides is 1. The molecule has 1 N–H and O–H groups in total. The number of nitrogens with zero attached hydrogens (tertiary/aromatic N) is 5. The first kappa shape index (κ1) is 20.5. The molecule has 0 aromatic carbocycles. The summed E-state index contributed by atoms with van der Waals surface area (Å²) >= 11 is 0. The Labute approximate surface area is 180 Å². The van der Waals surface area contributed by atoms with Crippen LogP contribution in [0.5, 0.6) is 0 Å². The lowest BCUT2D eigenvalue weighted by molar-refractivity contribution is -0.121. The van der Waals surface area contributed by atoms with Gasteiger partial charge in [-0.3, -0.25) is 9.48 Å². The molecule has 0 saturated carbocycles. The van der Waals surface area contributed by atoms with Gasteiger partial charge in [-0.15, -0.1) is 5.11 Å². The Morgan fingerprint density at radius 1 is 1.26 bits per heavy atom. The number of piperidine rings is 1. The predicted octanol–water partition coefficient (Wildman–Crippen LogP) is 2.06. The standard InChI is InChI=1S/C20H25FN6O3S/c1-19(2)10-13(28)15-16(17(19)21)23-18-12(11-22-24-18)20(15)5-8-27(9-6-20)31(29,30)14-4-7-26(3)25-14/h4,7,17,23H,5-6,8-11H2,1-3H3/t17-/m0/s1. The van der Waals surface area contributed by atoms with E-state index in [2.05, 4.69) is 20.6 Å². The molecular formula is C20H25FN6O3S. The number of dihydropyridines is 1. The number of fused-ring (bicyclic) bond motifs is 2. The lowest BCUT2D eigenvalue weighted by Gasteiger charge is -2.49. The number of aromatic nitrogens is 2. The molecule has 1 spiro atoms. The molecule has 1 saturated heterocycles. The fourth-order valence-corrected chi connectivity index (χ4v) is 6.70. The third kappa shape index (κ3) is 2.85. The van der Waals surface area contributed by atoms with Gasteiger partial charge in [0.2, 0.25) is 0 Å². The van der Waals surface area contributed by atoms with Crippen LogP contribution >= 0.6 is 0 Å². The van der Waals surface area contributed by atoms with Crippen LogP contribution in [0.15, 0.2) is 50.2 Å². The summed E-state index contributed by atoms with van der Waals surface area (Å²) in [4.78, 5) is 13.3. The lowest BCUT2D eigenvalue weighted by Crippen LogP contribution is -2.53. The number of aryl methyl sites for hydroxylation is 1. The molecule has 1 atom stereocenters. The van der Waals surface area contributed by atoms with E-state index in [4.69, 9.17) is 0 Å².